The van der Waals surface area contributed by atoms with Crippen LogP contribution in [0.1, 0.15) is 6.92 Å². The van der Waals surface area contributed by atoms with Gasteiger partial charge in [0, 0.05) is 19.7 Å². The van der Waals surface area contributed by atoms with Crippen LogP contribution in [0.15, 0.2) is 30.3 Å². The van der Waals surface area contributed by atoms with Crippen molar-refractivity contribution in [2.45, 2.75) is 6.92 Å². The van der Waals surface area contributed by atoms with Crippen molar-refractivity contribution < 1.29 is 4.79 Å². The molecule has 12 heavy (non-hydrogen) atoms. The number of hydrogen-bond donors (Lipinski definition) is 0. The number of hydrogen-bond acceptors (Lipinski definition) is 1. The van der Waals surface area contributed by atoms with Crippen LogP contribution in [-0.4, -0.2) is 13.0 Å². The minimum Gasteiger partial charge on any atom is -0.316 e. The first-order chi connectivity index (χ1) is 5.22. The highest BCUT2D eigenvalue weighted by atomic mass is 35.5. The van der Waals surface area contributed by atoms with E-state index in [0.29, 0.717) is 0 Å². The maximum Gasteiger partial charge on any atom is 0.223 e. The number of halogens is 1. The Kier molecular flexibility index (Phi) is 4.37. The van der Waals surface area contributed by atoms with Gasteiger partial charge in [0.25, 0.3) is 0 Å². The van der Waals surface area contributed by atoms with E-state index >= 15 is 0 Å². The Morgan fingerprint density at radius 1 is 1.25 bits per heavy atom. The summed E-state index contributed by atoms with van der Waals surface area (Å²) in [6, 6.07) is 9.56. The first-order valence-corrected chi connectivity index (χ1v) is 3.51. The second-order valence-corrected chi connectivity index (χ2v) is 2.41. The number of carbonyl (C=O) groups is 1. The van der Waals surface area contributed by atoms with Crippen molar-refractivity contribution >= 4 is 24.0 Å². The van der Waals surface area contributed by atoms with Crippen LogP contribution in [0.5, 0.6) is 0 Å². The van der Waals surface area contributed by atoms with Crippen molar-refractivity contribution in [3.8, 4) is 0 Å². The fourth-order valence-corrected chi connectivity index (χ4v) is 0.833. The van der Waals surface area contributed by atoms with Crippen LogP contribution < -0.4 is 4.90 Å². The van der Waals surface area contributed by atoms with E-state index in [0.717, 1.165) is 5.69 Å². The molecule has 1 amide bonds. The molecule has 2 nitrogen and oxygen atoms in total. The Hall–Kier alpha value is -1.02. The topological polar surface area (TPSA) is 20.3 Å². The third-order valence-electron chi connectivity index (χ3n) is 1.62. The van der Waals surface area contributed by atoms with Gasteiger partial charge in [0.2, 0.25) is 5.91 Å². The van der Waals surface area contributed by atoms with Gasteiger partial charge >= 0.3 is 0 Å². The fourth-order valence-electron chi connectivity index (χ4n) is 0.833. The van der Waals surface area contributed by atoms with Crippen LogP contribution in [-0.2, 0) is 4.79 Å². The first-order valence-electron chi connectivity index (χ1n) is 3.51. The summed E-state index contributed by atoms with van der Waals surface area (Å²) in [6.45, 7) is 1.55. The molecule has 0 aliphatic rings. The predicted molar refractivity (Wildman–Crippen MR) is 52.8 cm³/mol. The maximum absolute atomic E-state index is 10.9. The van der Waals surface area contributed by atoms with Gasteiger partial charge in [0.1, 0.15) is 0 Å². The Morgan fingerprint density at radius 3 is 2.17 bits per heavy atom. The lowest BCUT2D eigenvalue weighted by molar-refractivity contribution is -0.116. The van der Waals surface area contributed by atoms with Gasteiger partial charge in [-0.3, -0.25) is 4.79 Å². The normalized spacial score (nSPS) is 8.50. The molecular formula is C9H12ClNO. The summed E-state index contributed by atoms with van der Waals surface area (Å²) in [4.78, 5) is 12.5. The minimum absolute atomic E-state index is 0. The molecule has 0 saturated heterocycles. The summed E-state index contributed by atoms with van der Waals surface area (Å²) in [6.07, 6.45) is 0. The number of benzene rings is 1. The number of para-hydroxylation sites is 1. The molecule has 1 aromatic carbocycles. The standard InChI is InChI=1S/C9H11NO.ClH/c1-8(11)10(2)9-6-4-3-5-7-9;/h3-7H,1-2H3;1H. The van der Waals surface area contributed by atoms with Gasteiger partial charge in [-0.15, -0.1) is 12.4 Å². The first kappa shape index (κ1) is 11.0. The lowest BCUT2D eigenvalue weighted by Crippen LogP contribution is -2.22. The van der Waals surface area contributed by atoms with Gasteiger partial charge in [-0.2, -0.15) is 0 Å². The molecule has 0 saturated carbocycles. The molecule has 0 aliphatic heterocycles. The average Bonchev–Trinajstić information content (AvgIpc) is 2.05. The molecule has 1 aromatic rings. The molecule has 66 valence electrons. The molecule has 0 aromatic heterocycles. The van der Waals surface area contributed by atoms with Crippen molar-refractivity contribution in [1.82, 2.24) is 0 Å². The van der Waals surface area contributed by atoms with Crippen LogP contribution >= 0.6 is 12.4 Å². The number of anilines is 1. The van der Waals surface area contributed by atoms with Crippen molar-refractivity contribution in [2.75, 3.05) is 11.9 Å². The van der Waals surface area contributed by atoms with E-state index in [1.807, 2.05) is 30.3 Å². The van der Waals surface area contributed by atoms with Crippen LogP contribution in [0.4, 0.5) is 5.69 Å². The van der Waals surface area contributed by atoms with Gasteiger partial charge in [-0.1, -0.05) is 18.2 Å². The molecule has 3 heteroatoms. The van der Waals surface area contributed by atoms with E-state index in [9.17, 15) is 4.79 Å². The van der Waals surface area contributed by atoms with E-state index in [1.54, 1.807) is 18.9 Å². The Bertz CT molecular complexity index is 248. The molecule has 0 radical (unpaired) electrons. The average molecular weight is 186 g/mol. The molecule has 0 bridgehead atoms. The number of rotatable bonds is 1. The third kappa shape index (κ3) is 2.55. The Morgan fingerprint density at radius 2 is 1.75 bits per heavy atom. The smallest absolute Gasteiger partial charge is 0.223 e. The van der Waals surface area contributed by atoms with Crippen LogP contribution in [0, 0.1) is 0 Å². The molecule has 0 heterocycles. The molecular weight excluding hydrogens is 174 g/mol. The quantitative estimate of drug-likeness (QED) is 0.656. The maximum atomic E-state index is 10.9. The molecule has 0 aliphatic carbocycles. The molecule has 0 unspecified atom stereocenters. The highest BCUT2D eigenvalue weighted by molar-refractivity contribution is 5.90. The van der Waals surface area contributed by atoms with Gasteiger partial charge < -0.3 is 4.90 Å². The molecule has 0 N–H and O–H groups in total. The van der Waals surface area contributed by atoms with Gasteiger partial charge in [-0.25, -0.2) is 0 Å². The molecule has 0 atom stereocenters. The highest BCUT2D eigenvalue weighted by Crippen LogP contribution is 2.10. The summed E-state index contributed by atoms with van der Waals surface area (Å²) >= 11 is 0. The Labute approximate surface area is 78.6 Å². The molecule has 1 rings (SSSR count). The van der Waals surface area contributed by atoms with Crippen LogP contribution in [0.2, 0.25) is 0 Å². The van der Waals surface area contributed by atoms with Crippen molar-refractivity contribution in [3.05, 3.63) is 30.3 Å². The number of amides is 1. The van der Waals surface area contributed by atoms with Gasteiger partial charge in [0.15, 0.2) is 0 Å². The lowest BCUT2D eigenvalue weighted by atomic mass is 10.3. The second kappa shape index (κ2) is 4.78. The summed E-state index contributed by atoms with van der Waals surface area (Å²) in [5, 5.41) is 0. The lowest BCUT2D eigenvalue weighted by Gasteiger charge is -2.13. The number of nitrogens with zero attached hydrogens (tertiary/aromatic N) is 1. The van der Waals surface area contributed by atoms with Gasteiger partial charge in [0.05, 0.1) is 0 Å². The van der Waals surface area contributed by atoms with Crippen molar-refractivity contribution in [3.63, 3.8) is 0 Å². The predicted octanol–water partition coefficient (Wildman–Crippen LogP) is 2.09. The highest BCUT2D eigenvalue weighted by Gasteiger charge is 2.02. The second-order valence-electron chi connectivity index (χ2n) is 2.41. The summed E-state index contributed by atoms with van der Waals surface area (Å²) in [5.41, 5.74) is 0.931. The van der Waals surface area contributed by atoms with E-state index in [1.165, 1.54) is 0 Å². The monoisotopic (exact) mass is 185 g/mol. The van der Waals surface area contributed by atoms with E-state index < -0.39 is 0 Å². The Balaban J connectivity index is 0.00000121. The van der Waals surface area contributed by atoms with Crippen molar-refractivity contribution in [1.29, 1.82) is 0 Å². The van der Waals surface area contributed by atoms with Crippen molar-refractivity contribution in [2.24, 2.45) is 0 Å². The van der Waals surface area contributed by atoms with E-state index in [4.69, 9.17) is 0 Å². The largest absolute Gasteiger partial charge is 0.316 e. The van der Waals surface area contributed by atoms with Gasteiger partial charge in [-0.05, 0) is 12.1 Å². The zero-order valence-electron chi connectivity index (χ0n) is 7.15. The zero-order chi connectivity index (χ0) is 8.27. The molecule has 0 fully saturated rings. The van der Waals surface area contributed by atoms with Crippen LogP contribution in [0.25, 0.3) is 0 Å². The van der Waals surface area contributed by atoms with Crippen LogP contribution in [0.3, 0.4) is 0 Å². The number of carbonyl (C=O) groups excluding carboxylic acids is 1. The third-order valence-corrected chi connectivity index (χ3v) is 1.62. The fraction of sp³-hybridized carbons (Fsp3) is 0.222. The van der Waals surface area contributed by atoms with E-state index in [2.05, 4.69) is 0 Å². The minimum atomic E-state index is 0. The summed E-state index contributed by atoms with van der Waals surface area (Å²) in [7, 11) is 1.76. The summed E-state index contributed by atoms with van der Waals surface area (Å²) < 4.78 is 0. The van der Waals surface area contributed by atoms with E-state index in [-0.39, 0.29) is 18.3 Å². The SMILES string of the molecule is CC(=O)N(C)c1ccccc1.Cl. The molecule has 0 spiro atoms. The zero-order valence-corrected chi connectivity index (χ0v) is 7.97. The summed E-state index contributed by atoms with van der Waals surface area (Å²) in [5.74, 6) is 0.0520.